The summed E-state index contributed by atoms with van der Waals surface area (Å²) in [4.78, 5) is -1.24. The first kappa shape index (κ1) is 33.9. The Labute approximate surface area is 285 Å². The molecule has 0 fully saturated rings. The molecule has 0 heterocycles. The van der Waals surface area contributed by atoms with E-state index in [4.69, 9.17) is 4.74 Å². The zero-order valence-corrected chi connectivity index (χ0v) is 27.8. The Balaban J connectivity index is 1.26. The lowest BCUT2D eigenvalue weighted by molar-refractivity contribution is 0.415. The third kappa shape index (κ3) is 7.08. The number of hydrogen-bond acceptors (Lipinski definition) is 12. The van der Waals surface area contributed by atoms with Gasteiger partial charge in [-0.15, -0.1) is 10.2 Å². The molecule has 0 spiro atoms. The zero-order valence-electron chi connectivity index (χ0n) is 26.2. The van der Waals surface area contributed by atoms with Gasteiger partial charge in [-0.1, -0.05) is 18.2 Å². The molecule has 6 aromatic carbocycles. The van der Waals surface area contributed by atoms with E-state index in [9.17, 15) is 36.2 Å². The highest BCUT2D eigenvalue weighted by Gasteiger charge is 2.21. The second kappa shape index (κ2) is 13.2. The summed E-state index contributed by atoms with van der Waals surface area (Å²) in [5, 5.41) is 42.1. The van der Waals surface area contributed by atoms with E-state index in [2.05, 4.69) is 25.8 Å². The number of hydrogen-bond donors (Lipinski definition) is 5. The Morgan fingerprint density at radius 2 is 1.30 bits per heavy atom. The minimum Gasteiger partial charge on any atom is -0.506 e. The van der Waals surface area contributed by atoms with Gasteiger partial charge in [-0.05, 0) is 90.7 Å². The molecule has 14 nitrogen and oxygen atoms in total. The molecule has 0 bridgehead atoms. The monoisotopic (exact) mass is 713 g/mol. The average molecular weight is 714 g/mol. The molecule has 0 atom stereocenters. The van der Waals surface area contributed by atoms with Crippen molar-refractivity contribution in [2.45, 2.75) is 16.7 Å². The molecule has 0 aliphatic rings. The van der Waals surface area contributed by atoms with Crippen molar-refractivity contribution in [1.29, 1.82) is 0 Å². The van der Waals surface area contributed by atoms with E-state index in [1.165, 1.54) is 30.3 Å². The van der Waals surface area contributed by atoms with Gasteiger partial charge in [-0.25, -0.2) is 0 Å². The summed E-state index contributed by atoms with van der Waals surface area (Å²) >= 11 is 0. The fourth-order valence-electron chi connectivity index (χ4n) is 5.18. The molecule has 0 aromatic heterocycles. The van der Waals surface area contributed by atoms with Crippen LogP contribution in [0, 0.1) is 6.92 Å². The van der Waals surface area contributed by atoms with Crippen molar-refractivity contribution in [2.24, 2.45) is 20.5 Å². The lowest BCUT2D eigenvalue weighted by Gasteiger charge is -2.10. The standard InChI is InChI=1S/C34H27N5O9S2/c1-19-14-30(39-37-28-13-6-20-15-22(9-12-25(20)34(28)41)35-21-7-10-24(48-2)11-8-21)31(40)18-29(19)38-36-23-16-27-26(33(17-23)50(45,46)47)4-3-5-32(27)49(42,43)44/h3-18,35,40-41H,1-2H3,(H,42,43,44)(H,45,46,47). The Morgan fingerprint density at radius 1 is 0.620 bits per heavy atom. The number of nitrogens with one attached hydrogen (secondary N) is 1. The van der Waals surface area contributed by atoms with E-state index in [0.29, 0.717) is 10.9 Å². The molecule has 16 heteroatoms. The summed E-state index contributed by atoms with van der Waals surface area (Å²) < 4.78 is 72.7. The summed E-state index contributed by atoms with van der Waals surface area (Å²) in [5.74, 6) is 0.289. The summed E-state index contributed by atoms with van der Waals surface area (Å²) in [6, 6.07) is 24.6. The molecule has 0 saturated carbocycles. The lowest BCUT2D eigenvalue weighted by atomic mass is 10.1. The fraction of sp³-hybridized carbons (Fsp3) is 0.0588. The Hall–Kier alpha value is -5.94. The first-order valence-electron chi connectivity index (χ1n) is 14.6. The largest absolute Gasteiger partial charge is 0.506 e. The van der Waals surface area contributed by atoms with Crippen LogP contribution in [0.5, 0.6) is 17.2 Å². The molecule has 0 saturated heterocycles. The number of nitrogens with zero attached hydrogens (tertiary/aromatic N) is 4. The normalized spacial score (nSPS) is 12.3. The molecule has 6 rings (SSSR count). The van der Waals surface area contributed by atoms with Crippen molar-refractivity contribution in [2.75, 3.05) is 12.4 Å². The first-order valence-corrected chi connectivity index (χ1v) is 17.4. The number of azo groups is 2. The number of aromatic hydroxyl groups is 2. The van der Waals surface area contributed by atoms with Gasteiger partial charge in [0.2, 0.25) is 0 Å². The molecular weight excluding hydrogens is 687 g/mol. The minimum absolute atomic E-state index is 0.0529. The van der Waals surface area contributed by atoms with Crippen LogP contribution < -0.4 is 10.1 Å². The quantitative estimate of drug-likeness (QED) is 0.0708. The molecular formula is C34H27N5O9S2. The highest BCUT2D eigenvalue weighted by Crippen LogP contribution is 2.40. The minimum atomic E-state index is -4.84. The van der Waals surface area contributed by atoms with Crippen LogP contribution in [-0.2, 0) is 20.2 Å². The van der Waals surface area contributed by atoms with Crippen molar-refractivity contribution < 1.29 is 40.9 Å². The summed E-state index contributed by atoms with van der Waals surface area (Å²) in [5.41, 5.74) is 2.31. The second-order valence-corrected chi connectivity index (χ2v) is 13.8. The molecule has 5 N–H and O–H groups in total. The van der Waals surface area contributed by atoms with Gasteiger partial charge in [0.1, 0.15) is 32.7 Å². The van der Waals surface area contributed by atoms with Crippen molar-refractivity contribution >= 4 is 75.9 Å². The summed E-state index contributed by atoms with van der Waals surface area (Å²) in [7, 11) is -8.02. The van der Waals surface area contributed by atoms with Crippen LogP contribution in [0.1, 0.15) is 5.56 Å². The molecule has 6 aromatic rings. The van der Waals surface area contributed by atoms with Gasteiger partial charge in [0.05, 0.1) is 18.5 Å². The van der Waals surface area contributed by atoms with Gasteiger partial charge in [0.25, 0.3) is 20.2 Å². The van der Waals surface area contributed by atoms with Gasteiger partial charge in [0, 0.05) is 33.6 Å². The molecule has 0 radical (unpaired) electrons. The SMILES string of the molecule is COc1ccc(Nc2ccc3c(O)c(N=Nc4cc(C)c(N=Nc5cc(S(=O)(=O)O)c6cccc(S(=O)(=O)O)c6c5)cc4O)ccc3c2)cc1. The van der Waals surface area contributed by atoms with Crippen LogP contribution in [0.3, 0.4) is 0 Å². The predicted molar refractivity (Wildman–Crippen MR) is 187 cm³/mol. The highest BCUT2D eigenvalue weighted by molar-refractivity contribution is 7.86. The number of benzene rings is 6. The third-order valence-corrected chi connectivity index (χ3v) is 9.44. The van der Waals surface area contributed by atoms with Crippen LogP contribution in [0.15, 0.2) is 127 Å². The van der Waals surface area contributed by atoms with Gasteiger partial charge >= 0.3 is 0 Å². The van der Waals surface area contributed by atoms with Crippen molar-refractivity contribution in [3.05, 3.63) is 103 Å². The number of ether oxygens (including phenoxy) is 1. The Bertz CT molecular complexity index is 2590. The molecule has 0 aliphatic carbocycles. The van der Waals surface area contributed by atoms with E-state index in [1.807, 2.05) is 36.4 Å². The van der Waals surface area contributed by atoms with E-state index in [-0.39, 0.29) is 45.0 Å². The third-order valence-electron chi connectivity index (χ3n) is 7.64. The number of methoxy groups -OCH3 is 1. The lowest BCUT2D eigenvalue weighted by Crippen LogP contribution is -2.03. The number of fused-ring (bicyclic) bond motifs is 2. The summed E-state index contributed by atoms with van der Waals surface area (Å²) in [6.07, 6.45) is 0. The summed E-state index contributed by atoms with van der Waals surface area (Å²) in [6.45, 7) is 1.64. The van der Waals surface area contributed by atoms with Gasteiger partial charge in [-0.2, -0.15) is 27.1 Å². The highest BCUT2D eigenvalue weighted by atomic mass is 32.2. The maximum atomic E-state index is 12.1. The van der Waals surface area contributed by atoms with Gasteiger partial charge < -0.3 is 20.3 Å². The van der Waals surface area contributed by atoms with Crippen molar-refractivity contribution in [3.8, 4) is 17.2 Å². The van der Waals surface area contributed by atoms with E-state index in [0.717, 1.165) is 34.6 Å². The molecule has 254 valence electrons. The fourth-order valence-corrected chi connectivity index (χ4v) is 6.61. The average Bonchev–Trinajstić information content (AvgIpc) is 3.07. The van der Waals surface area contributed by atoms with E-state index in [1.54, 1.807) is 32.2 Å². The zero-order chi connectivity index (χ0) is 35.8. The van der Waals surface area contributed by atoms with Crippen LogP contribution >= 0.6 is 0 Å². The second-order valence-electron chi connectivity index (χ2n) is 11.0. The maximum Gasteiger partial charge on any atom is 0.295 e. The molecule has 50 heavy (non-hydrogen) atoms. The van der Waals surface area contributed by atoms with Crippen LogP contribution in [0.25, 0.3) is 21.5 Å². The van der Waals surface area contributed by atoms with Crippen LogP contribution in [-0.4, -0.2) is 43.3 Å². The maximum absolute atomic E-state index is 12.1. The van der Waals surface area contributed by atoms with Gasteiger partial charge in [0.15, 0.2) is 5.75 Å². The number of phenols is 2. The Kier molecular flexibility index (Phi) is 8.94. The molecule has 0 amide bonds. The van der Waals surface area contributed by atoms with Gasteiger partial charge in [-0.3, -0.25) is 9.11 Å². The smallest absolute Gasteiger partial charge is 0.295 e. The van der Waals surface area contributed by atoms with Crippen molar-refractivity contribution in [1.82, 2.24) is 0 Å². The Morgan fingerprint density at radius 3 is 2.00 bits per heavy atom. The van der Waals surface area contributed by atoms with Crippen LogP contribution in [0.2, 0.25) is 0 Å². The van der Waals surface area contributed by atoms with Crippen LogP contribution in [0.4, 0.5) is 34.1 Å². The number of aryl methyl sites for hydroxylation is 1. The first-order chi connectivity index (χ1) is 23.7. The number of anilines is 2. The van der Waals surface area contributed by atoms with E-state index >= 15 is 0 Å². The molecule has 0 aliphatic heterocycles. The van der Waals surface area contributed by atoms with E-state index < -0.39 is 30.0 Å². The topological polar surface area (TPSA) is 220 Å². The number of rotatable bonds is 9. The predicted octanol–water partition coefficient (Wildman–Crippen LogP) is 8.79. The number of phenolic OH excluding ortho intramolecular Hbond substituents is 2. The van der Waals surface area contributed by atoms with Crippen molar-refractivity contribution in [3.63, 3.8) is 0 Å². The molecule has 0 unspecified atom stereocenters.